The number of ether oxygens (including phenoxy) is 1. The standard InChI is InChI=1S/C29H24F2N6O3/c1-28(14-32)12-29(39,13-28)21-8-6-15(11-33-21)18-7-9-22-34-24-19-10-17(25(24)37(22)35-18)23-16(26(38)36(19)2)4-3-5-20(23)40-27(30)31/h3-9,11,17,19,27,39H,10,12-13H2,1-2H3. The topological polar surface area (TPSA) is 117 Å². The van der Waals surface area contributed by atoms with Crippen LogP contribution >= 0.6 is 0 Å². The number of carbonyl (C=O) groups excluding carboxylic acids is 1. The SMILES string of the molecule is CN1C(=O)c2cccc(OC(F)F)c2C2CC1c1nc3ccc(-c4ccc(C5(O)CC(C)(C#N)C5)nc4)nn3c12. The van der Waals surface area contributed by atoms with Crippen molar-refractivity contribution in [3.8, 4) is 23.1 Å². The van der Waals surface area contributed by atoms with E-state index in [1.807, 2.05) is 25.1 Å². The number of hydrogen-bond acceptors (Lipinski definition) is 7. The number of carbonyl (C=O) groups is 1. The summed E-state index contributed by atoms with van der Waals surface area (Å²) < 4.78 is 33.3. The molecule has 7 rings (SSSR count). The Bertz CT molecular complexity index is 1740. The monoisotopic (exact) mass is 542 g/mol. The number of aromatic nitrogens is 4. The maximum Gasteiger partial charge on any atom is 0.387 e. The molecule has 40 heavy (non-hydrogen) atoms. The zero-order chi connectivity index (χ0) is 28.0. The average Bonchev–Trinajstić information content (AvgIpc) is 3.45. The van der Waals surface area contributed by atoms with Crippen molar-refractivity contribution in [3.63, 3.8) is 0 Å². The minimum Gasteiger partial charge on any atom is -0.434 e. The third-order valence-corrected chi connectivity index (χ3v) is 8.47. The third kappa shape index (κ3) is 3.45. The first-order valence-electron chi connectivity index (χ1n) is 13.0. The quantitative estimate of drug-likeness (QED) is 0.402. The van der Waals surface area contributed by atoms with Gasteiger partial charge in [0.1, 0.15) is 11.4 Å². The van der Waals surface area contributed by atoms with Crippen LogP contribution in [0.5, 0.6) is 5.75 Å². The van der Waals surface area contributed by atoms with Crippen molar-refractivity contribution >= 4 is 11.6 Å². The van der Waals surface area contributed by atoms with Gasteiger partial charge in [0.15, 0.2) is 5.65 Å². The van der Waals surface area contributed by atoms with Gasteiger partial charge in [-0.1, -0.05) is 6.07 Å². The lowest BCUT2D eigenvalue weighted by atomic mass is 9.60. The third-order valence-electron chi connectivity index (χ3n) is 8.47. The molecule has 1 amide bonds. The second kappa shape index (κ2) is 8.29. The summed E-state index contributed by atoms with van der Waals surface area (Å²) in [4.78, 5) is 24.2. The zero-order valence-corrected chi connectivity index (χ0v) is 21.7. The molecular weight excluding hydrogens is 518 g/mol. The molecule has 2 aliphatic carbocycles. The first-order valence-corrected chi connectivity index (χ1v) is 13.0. The molecule has 2 bridgehead atoms. The van der Waals surface area contributed by atoms with Crippen molar-refractivity contribution in [2.75, 3.05) is 7.05 Å². The normalized spacial score (nSPS) is 26.7. The number of nitrogens with zero attached hydrogens (tertiary/aromatic N) is 6. The van der Waals surface area contributed by atoms with Crippen molar-refractivity contribution in [1.82, 2.24) is 24.5 Å². The lowest BCUT2D eigenvalue weighted by Crippen LogP contribution is -2.47. The number of halogens is 2. The van der Waals surface area contributed by atoms with Crippen LogP contribution < -0.4 is 4.74 Å². The van der Waals surface area contributed by atoms with Crippen molar-refractivity contribution in [1.29, 1.82) is 5.26 Å². The smallest absolute Gasteiger partial charge is 0.387 e. The molecule has 2 atom stereocenters. The lowest BCUT2D eigenvalue weighted by Gasteiger charge is -2.46. The Hall–Kier alpha value is -4.43. The number of pyridine rings is 1. The molecule has 0 saturated heterocycles. The van der Waals surface area contributed by atoms with E-state index in [0.717, 1.165) is 5.69 Å². The zero-order valence-electron chi connectivity index (χ0n) is 21.7. The Morgan fingerprint density at radius 2 is 2.00 bits per heavy atom. The molecule has 2 unspecified atom stereocenters. The molecule has 4 aromatic rings. The van der Waals surface area contributed by atoms with Crippen molar-refractivity contribution in [2.24, 2.45) is 5.41 Å². The van der Waals surface area contributed by atoms with E-state index in [4.69, 9.17) is 14.8 Å². The first kappa shape index (κ1) is 24.6. The fourth-order valence-electron chi connectivity index (χ4n) is 6.68. The van der Waals surface area contributed by atoms with Crippen molar-refractivity contribution < 1.29 is 23.4 Å². The van der Waals surface area contributed by atoms with Crippen LogP contribution in [0.1, 0.15) is 71.1 Å². The van der Waals surface area contributed by atoms with Crippen LogP contribution in [0.25, 0.3) is 16.9 Å². The van der Waals surface area contributed by atoms with E-state index in [0.29, 0.717) is 58.7 Å². The van der Waals surface area contributed by atoms with E-state index in [2.05, 4.69) is 11.1 Å². The van der Waals surface area contributed by atoms with Crippen LogP contribution in [0, 0.1) is 16.7 Å². The lowest BCUT2D eigenvalue weighted by molar-refractivity contribution is -0.106. The van der Waals surface area contributed by atoms with Gasteiger partial charge in [-0.2, -0.15) is 19.1 Å². The molecule has 1 saturated carbocycles. The van der Waals surface area contributed by atoms with Crippen LogP contribution in [-0.4, -0.2) is 49.2 Å². The number of aliphatic hydroxyl groups is 1. The molecule has 3 aromatic heterocycles. The molecule has 11 heteroatoms. The first-order chi connectivity index (χ1) is 19.1. The van der Waals surface area contributed by atoms with Gasteiger partial charge in [-0.3, -0.25) is 9.78 Å². The van der Waals surface area contributed by atoms with Gasteiger partial charge < -0.3 is 14.7 Å². The molecule has 0 spiro atoms. The highest BCUT2D eigenvalue weighted by Gasteiger charge is 2.53. The van der Waals surface area contributed by atoms with E-state index in [9.17, 15) is 23.9 Å². The maximum atomic E-state index is 13.3. The number of fused-ring (bicyclic) bond motifs is 9. The number of rotatable bonds is 4. The Balaban J connectivity index is 1.31. The largest absolute Gasteiger partial charge is 0.434 e. The van der Waals surface area contributed by atoms with Crippen molar-refractivity contribution in [3.05, 3.63) is 76.9 Å². The summed E-state index contributed by atoms with van der Waals surface area (Å²) >= 11 is 0. The Labute approximate surface area is 227 Å². The highest BCUT2D eigenvalue weighted by atomic mass is 19.3. The van der Waals surface area contributed by atoms with Crippen LogP contribution in [0.15, 0.2) is 48.7 Å². The van der Waals surface area contributed by atoms with Gasteiger partial charge in [0, 0.05) is 48.7 Å². The maximum absolute atomic E-state index is 13.3. The second-order valence-corrected chi connectivity index (χ2v) is 11.2. The number of imidazole rings is 1. The molecule has 0 radical (unpaired) electrons. The summed E-state index contributed by atoms with van der Waals surface area (Å²) in [5, 5.41) is 25.1. The van der Waals surface area contributed by atoms with Gasteiger partial charge in [-0.25, -0.2) is 9.50 Å². The van der Waals surface area contributed by atoms with E-state index < -0.39 is 23.5 Å². The predicted molar refractivity (Wildman–Crippen MR) is 137 cm³/mol. The van der Waals surface area contributed by atoms with E-state index in [1.54, 1.807) is 40.9 Å². The van der Waals surface area contributed by atoms with Crippen molar-refractivity contribution in [2.45, 2.75) is 50.4 Å². The number of amides is 1. The highest BCUT2D eigenvalue weighted by molar-refractivity contribution is 5.98. The second-order valence-electron chi connectivity index (χ2n) is 11.2. The van der Waals surface area contributed by atoms with Crippen LogP contribution in [0.3, 0.4) is 0 Å². The van der Waals surface area contributed by atoms with Gasteiger partial charge in [-0.15, -0.1) is 0 Å². The Morgan fingerprint density at radius 3 is 2.70 bits per heavy atom. The van der Waals surface area contributed by atoms with Crippen LogP contribution in [0.4, 0.5) is 8.78 Å². The Morgan fingerprint density at radius 1 is 1.20 bits per heavy atom. The minimum atomic E-state index is -3.03. The van der Waals surface area contributed by atoms with Gasteiger partial charge in [0.25, 0.3) is 5.91 Å². The van der Waals surface area contributed by atoms with E-state index in [-0.39, 0.29) is 17.7 Å². The number of benzene rings is 1. The fraction of sp³-hybridized carbons (Fsp3) is 0.345. The van der Waals surface area contributed by atoms with E-state index in [1.165, 1.54) is 6.07 Å². The summed E-state index contributed by atoms with van der Waals surface area (Å²) in [6, 6.07) is 13.8. The molecule has 9 nitrogen and oxygen atoms in total. The average molecular weight is 543 g/mol. The molecule has 202 valence electrons. The predicted octanol–water partition coefficient (Wildman–Crippen LogP) is 4.57. The van der Waals surface area contributed by atoms with Gasteiger partial charge in [0.05, 0.1) is 40.3 Å². The summed E-state index contributed by atoms with van der Waals surface area (Å²) in [6.45, 7) is -1.21. The van der Waals surface area contributed by atoms with Gasteiger partial charge in [0.2, 0.25) is 0 Å². The summed E-state index contributed by atoms with van der Waals surface area (Å²) in [5.41, 5.74) is 2.88. The molecule has 3 aliphatic rings. The summed E-state index contributed by atoms with van der Waals surface area (Å²) in [6.07, 6.45) is 2.77. The Kier molecular flexibility index (Phi) is 5.10. The van der Waals surface area contributed by atoms with Gasteiger partial charge in [-0.05, 0) is 49.7 Å². The highest BCUT2D eigenvalue weighted by Crippen LogP contribution is 2.54. The molecule has 4 heterocycles. The fourth-order valence-corrected chi connectivity index (χ4v) is 6.68. The van der Waals surface area contributed by atoms with Crippen LogP contribution in [-0.2, 0) is 5.60 Å². The molecule has 1 N–H and O–H groups in total. The summed E-state index contributed by atoms with van der Waals surface area (Å²) in [5.74, 6) is -0.729. The molecule has 1 fully saturated rings. The summed E-state index contributed by atoms with van der Waals surface area (Å²) in [7, 11) is 1.69. The number of nitriles is 1. The van der Waals surface area contributed by atoms with E-state index >= 15 is 0 Å². The molecule has 1 aromatic carbocycles. The van der Waals surface area contributed by atoms with Gasteiger partial charge >= 0.3 is 6.61 Å². The van der Waals surface area contributed by atoms with Crippen LogP contribution in [0.2, 0.25) is 0 Å². The molecular formula is C29H24F2N6O3. The number of alkyl halides is 2. The molecule has 1 aliphatic heterocycles. The number of hydrogen-bond donors (Lipinski definition) is 1. The minimum absolute atomic E-state index is 0.0277.